The largest absolute Gasteiger partial charge is 0.481 e. The van der Waals surface area contributed by atoms with Crippen LogP contribution in [0.25, 0.3) is 0 Å². The number of fused-ring (bicyclic) bond motifs is 7. The number of nitrogens with two attached hydrogens (primary N) is 1. The van der Waals surface area contributed by atoms with Crippen molar-refractivity contribution >= 4 is 17.7 Å². The van der Waals surface area contributed by atoms with E-state index in [1.165, 1.54) is 12.0 Å². The second-order valence-corrected chi connectivity index (χ2v) is 17.5. The third kappa shape index (κ3) is 4.37. The molecule has 0 amide bonds. The number of Topliss-reactive ketones (excluding diaryl/α,β-unsaturated/α-hetero) is 1. The molecule has 5 fully saturated rings. The van der Waals surface area contributed by atoms with Crippen molar-refractivity contribution in [1.29, 1.82) is 0 Å². The van der Waals surface area contributed by atoms with Crippen molar-refractivity contribution < 1.29 is 24.2 Å². The van der Waals surface area contributed by atoms with Gasteiger partial charge in [-0.1, -0.05) is 54.9 Å². The molecule has 0 aromatic carbocycles. The highest BCUT2D eigenvalue weighted by atomic mass is 16.5. The predicted molar refractivity (Wildman–Crippen MR) is 167 cm³/mol. The summed E-state index contributed by atoms with van der Waals surface area (Å²) < 4.78 is 6.35. The van der Waals surface area contributed by atoms with Crippen molar-refractivity contribution in [3.8, 4) is 0 Å². The van der Waals surface area contributed by atoms with E-state index in [0.717, 1.165) is 63.4 Å². The fourth-order valence-electron chi connectivity index (χ4n) is 12.7. The molecule has 6 rings (SSSR count). The minimum Gasteiger partial charge on any atom is -0.481 e. The third-order valence-electron chi connectivity index (χ3n) is 15.0. The minimum absolute atomic E-state index is 0.113. The molecule has 5 saturated carbocycles. The molecule has 43 heavy (non-hydrogen) atoms. The van der Waals surface area contributed by atoms with Crippen LogP contribution in [0.3, 0.4) is 0 Å². The van der Waals surface area contributed by atoms with Crippen molar-refractivity contribution in [2.75, 3.05) is 0 Å². The van der Waals surface area contributed by atoms with E-state index in [2.05, 4.69) is 48.5 Å². The number of carbonyl (C=O) groups excluding carboxylic acids is 2. The fourth-order valence-corrected chi connectivity index (χ4v) is 12.7. The number of ketones is 1. The summed E-state index contributed by atoms with van der Waals surface area (Å²) >= 11 is 0. The average Bonchev–Trinajstić information content (AvgIpc) is 3.21. The molecule has 10 atom stereocenters. The van der Waals surface area contributed by atoms with E-state index in [9.17, 15) is 19.5 Å². The van der Waals surface area contributed by atoms with E-state index in [-0.39, 0.29) is 45.6 Å². The molecule has 3 N–H and O–H groups in total. The van der Waals surface area contributed by atoms with Gasteiger partial charge in [-0.25, -0.2) is 0 Å². The van der Waals surface area contributed by atoms with Crippen molar-refractivity contribution in [2.24, 2.45) is 62.9 Å². The van der Waals surface area contributed by atoms with Crippen molar-refractivity contribution in [2.45, 2.75) is 144 Å². The summed E-state index contributed by atoms with van der Waals surface area (Å²) in [5.74, 6) is 0.247. The van der Waals surface area contributed by atoms with Crippen LogP contribution in [0.4, 0.5) is 0 Å². The Morgan fingerprint density at radius 1 is 0.860 bits per heavy atom. The number of rotatable bonds is 4. The molecular formula is C37H57NO5. The maximum atomic E-state index is 13.4. The first kappa shape index (κ1) is 31.3. The van der Waals surface area contributed by atoms with E-state index in [0.29, 0.717) is 42.8 Å². The highest BCUT2D eigenvalue weighted by Gasteiger charge is 2.69. The molecule has 6 nitrogen and oxygen atoms in total. The van der Waals surface area contributed by atoms with Crippen molar-refractivity contribution in [3.63, 3.8) is 0 Å². The summed E-state index contributed by atoms with van der Waals surface area (Å²) in [6, 6.07) is 0. The topological polar surface area (TPSA) is 107 Å². The number of ether oxygens (including phenoxy) is 1. The zero-order chi connectivity index (χ0) is 31.3. The van der Waals surface area contributed by atoms with Gasteiger partial charge in [-0.3, -0.25) is 14.4 Å². The smallest absolute Gasteiger partial charge is 0.309 e. The molecule has 0 aromatic rings. The molecule has 0 unspecified atom stereocenters. The maximum absolute atomic E-state index is 13.4. The van der Waals surface area contributed by atoms with Crippen LogP contribution in [0.15, 0.2) is 11.1 Å². The first-order valence-electron chi connectivity index (χ1n) is 17.5. The Hall–Kier alpha value is -1.69. The Bertz CT molecular complexity index is 1240. The Labute approximate surface area is 259 Å². The molecule has 0 spiro atoms. The van der Waals surface area contributed by atoms with E-state index in [1.807, 2.05) is 0 Å². The van der Waals surface area contributed by atoms with Gasteiger partial charge in [0.1, 0.15) is 6.10 Å². The van der Waals surface area contributed by atoms with Gasteiger partial charge in [0.15, 0.2) is 5.78 Å². The average molecular weight is 596 g/mol. The summed E-state index contributed by atoms with van der Waals surface area (Å²) in [5, 5.41) is 9.54. The van der Waals surface area contributed by atoms with Gasteiger partial charge in [-0.2, -0.15) is 0 Å². The zero-order valence-corrected chi connectivity index (χ0v) is 27.9. The number of carbonyl (C=O) groups is 3. The van der Waals surface area contributed by atoms with E-state index >= 15 is 0 Å². The van der Waals surface area contributed by atoms with E-state index < -0.39 is 17.4 Å². The van der Waals surface area contributed by atoms with Crippen LogP contribution < -0.4 is 5.73 Å². The molecule has 0 saturated heterocycles. The summed E-state index contributed by atoms with van der Waals surface area (Å²) in [4.78, 5) is 38.3. The standard InChI is InChI=1S/C37H57NO5/c1-21(2)29-25(39)20-37(38)18-17-35(6)24(30(29)37)11-12-27-34(5)15-14-28(33(3,4)26(34)13-16-36(27,35)7)43-32(42)23-10-8-9-22(19-23)31(40)41/h21-24,26-28H,8-20,38H2,1-7H3,(H,40,41)/t22-,23+,24-,26+,27-,28+,34+,35-,36-,37-/m1/s1. The van der Waals surface area contributed by atoms with Crippen molar-refractivity contribution in [1.82, 2.24) is 0 Å². The maximum Gasteiger partial charge on any atom is 0.309 e. The fraction of sp³-hybridized carbons (Fsp3) is 0.865. The lowest BCUT2D eigenvalue weighted by atomic mass is 9.33. The van der Waals surface area contributed by atoms with Crippen LogP contribution in [0.1, 0.15) is 132 Å². The van der Waals surface area contributed by atoms with Crippen LogP contribution in [0, 0.1) is 57.2 Å². The second kappa shape index (κ2) is 10.2. The molecule has 0 aromatic heterocycles. The summed E-state index contributed by atoms with van der Waals surface area (Å²) in [7, 11) is 0. The lowest BCUT2D eigenvalue weighted by molar-refractivity contribution is -0.232. The van der Waals surface area contributed by atoms with Crippen LogP contribution in [0.2, 0.25) is 0 Å². The van der Waals surface area contributed by atoms with E-state index in [4.69, 9.17) is 10.5 Å². The normalized spacial score (nSPS) is 47.3. The highest BCUT2D eigenvalue weighted by molar-refractivity contribution is 6.01. The van der Waals surface area contributed by atoms with Gasteiger partial charge in [0.05, 0.1) is 11.8 Å². The first-order chi connectivity index (χ1) is 20.0. The number of carboxylic acids is 1. The van der Waals surface area contributed by atoms with Gasteiger partial charge in [0.2, 0.25) is 0 Å². The van der Waals surface area contributed by atoms with Gasteiger partial charge in [-0.05, 0) is 122 Å². The van der Waals surface area contributed by atoms with Gasteiger partial charge < -0.3 is 15.6 Å². The van der Waals surface area contributed by atoms with Gasteiger partial charge >= 0.3 is 11.9 Å². The van der Waals surface area contributed by atoms with Gasteiger partial charge in [0, 0.05) is 17.4 Å². The van der Waals surface area contributed by atoms with Crippen LogP contribution >= 0.6 is 0 Å². The minimum atomic E-state index is -0.786. The molecule has 6 aliphatic carbocycles. The quantitative estimate of drug-likeness (QED) is 0.326. The zero-order valence-electron chi connectivity index (χ0n) is 27.9. The number of esters is 1. The van der Waals surface area contributed by atoms with Crippen LogP contribution in [-0.4, -0.2) is 34.5 Å². The summed E-state index contributed by atoms with van der Waals surface area (Å²) in [5.41, 5.74) is 9.33. The predicted octanol–water partition coefficient (Wildman–Crippen LogP) is 7.48. The Morgan fingerprint density at radius 3 is 2.23 bits per heavy atom. The van der Waals surface area contributed by atoms with Gasteiger partial charge in [0.25, 0.3) is 0 Å². The summed E-state index contributed by atoms with van der Waals surface area (Å²) in [6.45, 7) is 16.7. The number of allylic oxidation sites excluding steroid dienone is 1. The molecule has 0 radical (unpaired) electrons. The summed E-state index contributed by atoms with van der Waals surface area (Å²) in [6.07, 6.45) is 11.4. The molecule has 6 aliphatic rings. The third-order valence-corrected chi connectivity index (χ3v) is 15.0. The number of hydrogen-bond donors (Lipinski definition) is 2. The van der Waals surface area contributed by atoms with Crippen molar-refractivity contribution in [3.05, 3.63) is 11.1 Å². The second-order valence-electron chi connectivity index (χ2n) is 17.5. The lowest BCUT2D eigenvalue weighted by Crippen LogP contribution is -2.66. The lowest BCUT2D eigenvalue weighted by Gasteiger charge is -2.72. The molecule has 0 bridgehead atoms. The van der Waals surface area contributed by atoms with Crippen LogP contribution in [0.5, 0.6) is 0 Å². The van der Waals surface area contributed by atoms with Crippen LogP contribution in [-0.2, 0) is 19.1 Å². The molecule has 0 heterocycles. The molecule has 0 aliphatic heterocycles. The Balaban J connectivity index is 1.25. The molecular weight excluding hydrogens is 538 g/mol. The molecule has 6 heteroatoms. The number of hydrogen-bond acceptors (Lipinski definition) is 5. The molecule has 240 valence electrons. The monoisotopic (exact) mass is 595 g/mol. The Morgan fingerprint density at radius 2 is 1.56 bits per heavy atom. The number of aliphatic carboxylic acids is 1. The number of carboxylic acid groups (broad SMARTS) is 1. The van der Waals surface area contributed by atoms with Gasteiger partial charge in [-0.15, -0.1) is 0 Å². The SMILES string of the molecule is CC(C)C1=C2[C@H]3CC[C@@H]4[C@@]5(C)CC[C@H](OC(=O)[C@H]6CCC[C@@H](C(=O)O)C6)C(C)(C)[C@@H]5CC[C@@]4(C)[C@]3(C)CC[C@@]2(N)CC1=O. The highest BCUT2D eigenvalue weighted by Crippen LogP contribution is 2.75. The van der Waals surface area contributed by atoms with E-state index in [1.54, 1.807) is 0 Å². The first-order valence-corrected chi connectivity index (χ1v) is 17.5. The Kier molecular flexibility index (Phi) is 7.39.